The molecule has 2 unspecified atom stereocenters. The lowest BCUT2D eigenvalue weighted by Crippen LogP contribution is -2.58. The van der Waals surface area contributed by atoms with Crippen LogP contribution in [0.5, 0.6) is 0 Å². The van der Waals surface area contributed by atoms with E-state index in [1.165, 1.54) is 6.20 Å². The highest BCUT2D eigenvalue weighted by atomic mass is 16.6. The summed E-state index contributed by atoms with van der Waals surface area (Å²) >= 11 is 0. The fourth-order valence-electron chi connectivity index (χ4n) is 2.87. The largest absolute Gasteiger partial charge is 0.487 e. The Bertz CT molecular complexity index is 740. The quantitative estimate of drug-likeness (QED) is 0.767. The monoisotopic (exact) mass is 393 g/mol. The molecule has 0 radical (unpaired) electrons. The van der Waals surface area contributed by atoms with Gasteiger partial charge in [-0.2, -0.15) is 0 Å². The number of allylic oxidation sites excluding steroid dienone is 2. The van der Waals surface area contributed by atoms with Gasteiger partial charge in [-0.05, 0) is 54.4 Å². The highest BCUT2D eigenvalue weighted by molar-refractivity contribution is 6.13. The van der Waals surface area contributed by atoms with E-state index < -0.39 is 23.1 Å². The predicted octanol–water partition coefficient (Wildman–Crippen LogP) is 3.65. The van der Waals surface area contributed by atoms with Crippen molar-refractivity contribution in [2.24, 2.45) is 5.92 Å². The fourth-order valence-corrected chi connectivity index (χ4v) is 2.87. The molecule has 0 spiro atoms. The number of ether oxygens (including phenoxy) is 3. The minimum atomic E-state index is -2.11. The highest BCUT2D eigenvalue weighted by Crippen LogP contribution is 2.45. The van der Waals surface area contributed by atoms with Crippen molar-refractivity contribution in [2.75, 3.05) is 0 Å². The van der Waals surface area contributed by atoms with Crippen LogP contribution in [0.2, 0.25) is 0 Å². The maximum atomic E-state index is 12.9. The van der Waals surface area contributed by atoms with Crippen LogP contribution in [0.3, 0.4) is 0 Å². The molecule has 1 aliphatic carbocycles. The van der Waals surface area contributed by atoms with Gasteiger partial charge in [-0.3, -0.25) is 9.69 Å². The summed E-state index contributed by atoms with van der Waals surface area (Å²) in [5.41, 5.74) is -2.75. The third kappa shape index (κ3) is 4.24. The van der Waals surface area contributed by atoms with Crippen LogP contribution in [0.1, 0.15) is 55.4 Å². The van der Waals surface area contributed by atoms with Crippen LogP contribution in [0.15, 0.2) is 35.6 Å². The summed E-state index contributed by atoms with van der Waals surface area (Å²) in [6.45, 7) is 14.2. The van der Waals surface area contributed by atoms with E-state index in [-0.39, 0.29) is 35.3 Å². The molecule has 1 amide bonds. The van der Waals surface area contributed by atoms with Gasteiger partial charge >= 0.3 is 6.09 Å². The maximum absolute atomic E-state index is 12.9. The average molecular weight is 393 g/mol. The molecular weight excluding hydrogens is 362 g/mol. The predicted molar refractivity (Wildman–Crippen MR) is 104 cm³/mol. The molecule has 1 N–H and O–H groups in total. The highest BCUT2D eigenvalue weighted by Gasteiger charge is 2.62. The molecule has 1 heterocycles. The van der Waals surface area contributed by atoms with E-state index in [0.29, 0.717) is 0 Å². The first kappa shape index (κ1) is 22.0. The Morgan fingerprint density at radius 2 is 1.75 bits per heavy atom. The van der Waals surface area contributed by atoms with Crippen LogP contribution in [0.4, 0.5) is 4.79 Å². The van der Waals surface area contributed by atoms with Crippen LogP contribution in [-0.4, -0.2) is 45.3 Å². The number of ketones is 1. The minimum absolute atomic E-state index is 0.0153. The number of nitrogens with zero attached hydrogens (tertiary/aromatic N) is 1. The molecule has 156 valence electrons. The Labute approximate surface area is 166 Å². The topological polar surface area (TPSA) is 85.3 Å². The van der Waals surface area contributed by atoms with Crippen molar-refractivity contribution in [3.8, 4) is 0 Å². The Balaban J connectivity index is 2.49. The van der Waals surface area contributed by atoms with Crippen LogP contribution in [0, 0.1) is 5.92 Å². The zero-order chi connectivity index (χ0) is 21.4. The fraction of sp³-hybridized carbons (Fsp3) is 0.619. The number of hydrogen-bond donors (Lipinski definition) is 1. The minimum Gasteiger partial charge on any atom is -0.487 e. The van der Waals surface area contributed by atoms with Gasteiger partial charge in [0.25, 0.3) is 0 Å². The normalized spacial score (nSPS) is 25.1. The van der Waals surface area contributed by atoms with Crippen molar-refractivity contribution in [3.63, 3.8) is 0 Å². The van der Waals surface area contributed by atoms with Gasteiger partial charge in [-0.25, -0.2) is 4.79 Å². The molecule has 7 heteroatoms. The number of rotatable bonds is 5. The number of carbonyl (C=O) groups excluding carboxylic acids is 2. The number of carbonyl (C=O) groups is 2. The summed E-state index contributed by atoms with van der Waals surface area (Å²) in [7, 11) is 0. The smallest absolute Gasteiger partial charge is 0.418 e. The second kappa shape index (κ2) is 7.62. The Morgan fingerprint density at radius 1 is 1.18 bits per heavy atom. The zero-order valence-electron chi connectivity index (χ0n) is 17.9. The Hall–Kier alpha value is -2.28. The van der Waals surface area contributed by atoms with Crippen LogP contribution in [-0.2, 0) is 19.0 Å². The van der Waals surface area contributed by atoms with Gasteiger partial charge in [0.2, 0.25) is 17.1 Å². The SMILES string of the molecule is CC1C=CN(C(=O)OC(C)(C)C)C(C2(O)C(=O)C(OC(C)C)=C2OC(C)C)=C1. The van der Waals surface area contributed by atoms with Crippen molar-refractivity contribution in [2.45, 2.75) is 78.8 Å². The van der Waals surface area contributed by atoms with Crippen LogP contribution >= 0.6 is 0 Å². The van der Waals surface area contributed by atoms with Crippen molar-refractivity contribution < 1.29 is 28.9 Å². The first-order chi connectivity index (χ1) is 12.8. The summed E-state index contributed by atoms with van der Waals surface area (Å²) in [4.78, 5) is 26.8. The lowest BCUT2D eigenvalue weighted by atomic mass is 9.77. The van der Waals surface area contributed by atoms with E-state index in [0.717, 1.165) is 4.90 Å². The number of amides is 1. The van der Waals surface area contributed by atoms with Gasteiger partial charge in [0, 0.05) is 6.20 Å². The molecule has 1 aliphatic heterocycles. The van der Waals surface area contributed by atoms with Crippen LogP contribution in [0.25, 0.3) is 0 Å². The van der Waals surface area contributed by atoms with E-state index >= 15 is 0 Å². The van der Waals surface area contributed by atoms with E-state index in [9.17, 15) is 14.7 Å². The third-order valence-electron chi connectivity index (χ3n) is 3.96. The molecule has 0 aromatic carbocycles. The summed E-state index contributed by atoms with van der Waals surface area (Å²) < 4.78 is 16.7. The number of aliphatic hydroxyl groups is 1. The molecule has 28 heavy (non-hydrogen) atoms. The molecule has 0 fully saturated rings. The molecule has 2 rings (SSSR count). The second-order valence-electron chi connectivity index (χ2n) is 8.63. The van der Waals surface area contributed by atoms with Gasteiger partial charge in [-0.15, -0.1) is 0 Å². The van der Waals surface area contributed by atoms with Gasteiger partial charge < -0.3 is 19.3 Å². The molecular formula is C21H31NO6. The van der Waals surface area contributed by atoms with Gasteiger partial charge in [-0.1, -0.05) is 19.1 Å². The Morgan fingerprint density at radius 3 is 2.25 bits per heavy atom. The van der Waals surface area contributed by atoms with Gasteiger partial charge in [0.05, 0.1) is 17.9 Å². The van der Waals surface area contributed by atoms with Crippen molar-refractivity contribution >= 4 is 11.9 Å². The van der Waals surface area contributed by atoms with Gasteiger partial charge in [0.15, 0.2) is 5.76 Å². The standard InChI is InChI=1S/C21H31NO6/c1-12(2)26-16-17(23)21(25,18(16)27-13(3)4)15-11-14(5)9-10-22(15)19(24)28-20(6,7)8/h9-14,25H,1-8H3. The summed E-state index contributed by atoms with van der Waals surface area (Å²) in [5.74, 6) is -0.734. The van der Waals surface area contributed by atoms with E-state index in [4.69, 9.17) is 14.2 Å². The number of Topliss-reactive ketones (excluding diaryl/α,β-unsaturated/α-hetero) is 1. The molecule has 0 aromatic rings. The van der Waals surface area contributed by atoms with Crippen molar-refractivity contribution in [3.05, 3.63) is 35.6 Å². The van der Waals surface area contributed by atoms with E-state index in [1.807, 2.05) is 6.92 Å². The molecule has 2 atom stereocenters. The lowest BCUT2D eigenvalue weighted by Gasteiger charge is -2.44. The van der Waals surface area contributed by atoms with Crippen LogP contribution < -0.4 is 0 Å². The third-order valence-corrected chi connectivity index (χ3v) is 3.96. The van der Waals surface area contributed by atoms with Gasteiger partial charge in [0.1, 0.15) is 5.60 Å². The molecule has 0 aromatic heterocycles. The van der Waals surface area contributed by atoms with Crippen molar-refractivity contribution in [1.29, 1.82) is 0 Å². The lowest BCUT2D eigenvalue weighted by molar-refractivity contribution is -0.147. The molecule has 0 saturated carbocycles. The second-order valence-corrected chi connectivity index (χ2v) is 8.63. The first-order valence-corrected chi connectivity index (χ1v) is 9.55. The summed E-state index contributed by atoms with van der Waals surface area (Å²) in [6, 6.07) is 0. The average Bonchev–Trinajstić information content (AvgIpc) is 2.55. The molecule has 2 aliphatic rings. The molecule has 0 saturated heterocycles. The maximum Gasteiger partial charge on any atom is 0.418 e. The van der Waals surface area contributed by atoms with E-state index in [1.54, 1.807) is 60.6 Å². The van der Waals surface area contributed by atoms with E-state index in [2.05, 4.69) is 0 Å². The molecule has 7 nitrogen and oxygen atoms in total. The zero-order valence-corrected chi connectivity index (χ0v) is 17.9. The number of hydrogen-bond acceptors (Lipinski definition) is 6. The molecule has 0 bridgehead atoms. The Kier molecular flexibility index (Phi) is 5.99. The summed E-state index contributed by atoms with van der Waals surface area (Å²) in [6.07, 6.45) is 3.68. The van der Waals surface area contributed by atoms with Crippen molar-refractivity contribution in [1.82, 2.24) is 4.90 Å². The summed E-state index contributed by atoms with van der Waals surface area (Å²) in [5, 5.41) is 11.4. The first-order valence-electron chi connectivity index (χ1n) is 9.55.